The third kappa shape index (κ3) is 2.73. The van der Waals surface area contributed by atoms with Crippen molar-refractivity contribution in [2.75, 3.05) is 6.54 Å². The van der Waals surface area contributed by atoms with Gasteiger partial charge < -0.3 is 10.3 Å². The molecule has 3 rings (SSSR count). The first kappa shape index (κ1) is 13.6. The molecule has 3 aromatic rings. The summed E-state index contributed by atoms with van der Waals surface area (Å²) in [6.07, 6.45) is 3.83. The maximum Gasteiger partial charge on any atom is 0.140 e. The normalized spacial score (nSPS) is 12.3. The van der Waals surface area contributed by atoms with Gasteiger partial charge in [-0.2, -0.15) is 0 Å². The summed E-state index contributed by atoms with van der Waals surface area (Å²) < 4.78 is 2.15. The highest BCUT2D eigenvalue weighted by Gasteiger charge is 2.16. The molecule has 0 saturated heterocycles. The quantitative estimate of drug-likeness (QED) is 0.794. The van der Waals surface area contributed by atoms with Crippen LogP contribution in [0.2, 0.25) is 0 Å². The fourth-order valence-corrected chi connectivity index (χ4v) is 2.57. The maximum absolute atomic E-state index is 6.03. The van der Waals surface area contributed by atoms with E-state index in [-0.39, 0.29) is 6.04 Å². The van der Waals surface area contributed by atoms with E-state index in [0.29, 0.717) is 6.54 Å². The van der Waals surface area contributed by atoms with Gasteiger partial charge in [-0.15, -0.1) is 0 Å². The number of benzene rings is 2. The Kier molecular flexibility index (Phi) is 3.84. The third-order valence-electron chi connectivity index (χ3n) is 3.72. The molecule has 1 aromatic heterocycles. The van der Waals surface area contributed by atoms with Crippen molar-refractivity contribution in [2.45, 2.75) is 13.0 Å². The Morgan fingerprint density at radius 1 is 1.05 bits per heavy atom. The SMILES string of the molecule is Cc1ccc(C(CN)n2ccnc2-c2ccccc2)cc1. The van der Waals surface area contributed by atoms with Crippen molar-refractivity contribution in [1.82, 2.24) is 9.55 Å². The summed E-state index contributed by atoms with van der Waals surface area (Å²) in [5.41, 5.74) is 9.60. The molecule has 0 fully saturated rings. The van der Waals surface area contributed by atoms with Crippen LogP contribution in [-0.2, 0) is 0 Å². The summed E-state index contributed by atoms with van der Waals surface area (Å²) in [4.78, 5) is 4.51. The fraction of sp³-hybridized carbons (Fsp3) is 0.167. The zero-order chi connectivity index (χ0) is 14.7. The van der Waals surface area contributed by atoms with Crippen molar-refractivity contribution in [2.24, 2.45) is 5.73 Å². The van der Waals surface area contributed by atoms with Crippen molar-refractivity contribution < 1.29 is 0 Å². The molecule has 0 amide bonds. The van der Waals surface area contributed by atoms with Crippen LogP contribution in [0.15, 0.2) is 67.0 Å². The number of hydrogen-bond donors (Lipinski definition) is 1. The van der Waals surface area contributed by atoms with E-state index in [0.717, 1.165) is 11.4 Å². The van der Waals surface area contributed by atoms with Gasteiger partial charge in [0, 0.05) is 24.5 Å². The molecule has 106 valence electrons. The minimum Gasteiger partial charge on any atom is -0.328 e. The average Bonchev–Trinajstić information content (AvgIpc) is 3.00. The molecule has 0 spiro atoms. The molecule has 1 unspecified atom stereocenters. The van der Waals surface area contributed by atoms with Crippen LogP contribution in [0.4, 0.5) is 0 Å². The van der Waals surface area contributed by atoms with E-state index >= 15 is 0 Å². The molecule has 1 atom stereocenters. The van der Waals surface area contributed by atoms with Crippen molar-refractivity contribution >= 4 is 0 Å². The van der Waals surface area contributed by atoms with E-state index in [4.69, 9.17) is 5.73 Å². The molecular formula is C18H19N3. The van der Waals surface area contributed by atoms with Gasteiger partial charge in [-0.1, -0.05) is 60.2 Å². The summed E-state index contributed by atoms with van der Waals surface area (Å²) in [6.45, 7) is 2.63. The van der Waals surface area contributed by atoms with E-state index in [9.17, 15) is 0 Å². The molecule has 0 aliphatic rings. The highest BCUT2D eigenvalue weighted by Crippen LogP contribution is 2.25. The molecule has 2 aromatic carbocycles. The van der Waals surface area contributed by atoms with E-state index in [1.54, 1.807) is 0 Å². The number of rotatable bonds is 4. The smallest absolute Gasteiger partial charge is 0.140 e. The van der Waals surface area contributed by atoms with Gasteiger partial charge in [-0.05, 0) is 12.5 Å². The van der Waals surface area contributed by atoms with Crippen molar-refractivity contribution in [3.05, 3.63) is 78.1 Å². The molecule has 21 heavy (non-hydrogen) atoms. The Hall–Kier alpha value is -2.39. The number of aromatic nitrogens is 2. The van der Waals surface area contributed by atoms with Crippen LogP contribution in [0, 0.1) is 6.92 Å². The minimum atomic E-state index is 0.100. The van der Waals surface area contributed by atoms with E-state index in [1.165, 1.54) is 11.1 Å². The predicted molar refractivity (Wildman–Crippen MR) is 86.0 cm³/mol. The van der Waals surface area contributed by atoms with Crippen LogP contribution in [0.1, 0.15) is 17.2 Å². The van der Waals surface area contributed by atoms with Crippen molar-refractivity contribution in [1.29, 1.82) is 0 Å². The number of nitrogens with zero attached hydrogens (tertiary/aromatic N) is 2. The first-order chi connectivity index (χ1) is 10.3. The summed E-state index contributed by atoms with van der Waals surface area (Å²) >= 11 is 0. The van der Waals surface area contributed by atoms with Gasteiger partial charge in [-0.3, -0.25) is 0 Å². The molecule has 0 bridgehead atoms. The minimum absolute atomic E-state index is 0.100. The first-order valence-corrected chi connectivity index (χ1v) is 7.14. The van der Waals surface area contributed by atoms with Crippen LogP contribution >= 0.6 is 0 Å². The molecule has 0 saturated carbocycles. The molecule has 3 nitrogen and oxygen atoms in total. The van der Waals surface area contributed by atoms with Crippen molar-refractivity contribution in [3.8, 4) is 11.4 Å². The molecule has 0 aliphatic carbocycles. The van der Waals surface area contributed by atoms with Gasteiger partial charge in [0.15, 0.2) is 0 Å². The lowest BCUT2D eigenvalue weighted by Gasteiger charge is -2.20. The average molecular weight is 277 g/mol. The molecular weight excluding hydrogens is 258 g/mol. The van der Waals surface area contributed by atoms with Gasteiger partial charge in [0.25, 0.3) is 0 Å². The van der Waals surface area contributed by atoms with Crippen LogP contribution in [0.5, 0.6) is 0 Å². The van der Waals surface area contributed by atoms with Gasteiger partial charge in [0.1, 0.15) is 5.82 Å². The maximum atomic E-state index is 6.03. The number of hydrogen-bond acceptors (Lipinski definition) is 2. The van der Waals surface area contributed by atoms with E-state index < -0.39 is 0 Å². The Balaban J connectivity index is 2.03. The zero-order valence-electron chi connectivity index (χ0n) is 12.1. The summed E-state index contributed by atoms with van der Waals surface area (Å²) in [5, 5.41) is 0. The number of imidazole rings is 1. The van der Waals surface area contributed by atoms with E-state index in [1.807, 2.05) is 30.6 Å². The monoisotopic (exact) mass is 277 g/mol. The molecule has 0 radical (unpaired) electrons. The second-order valence-electron chi connectivity index (χ2n) is 5.19. The van der Waals surface area contributed by atoms with Crippen LogP contribution in [0.3, 0.4) is 0 Å². The Morgan fingerprint density at radius 2 is 1.76 bits per heavy atom. The number of nitrogens with two attached hydrogens (primary N) is 1. The Bertz CT molecular complexity index is 699. The third-order valence-corrected chi connectivity index (χ3v) is 3.72. The van der Waals surface area contributed by atoms with Crippen LogP contribution in [0.25, 0.3) is 11.4 Å². The standard InChI is InChI=1S/C18H19N3/c1-14-7-9-15(10-8-14)17(13-19)21-12-11-20-18(21)16-5-3-2-4-6-16/h2-12,17H,13,19H2,1H3. The lowest BCUT2D eigenvalue weighted by atomic mass is 10.0. The molecule has 2 N–H and O–H groups in total. The predicted octanol–water partition coefficient (Wildman–Crippen LogP) is 3.41. The highest BCUT2D eigenvalue weighted by molar-refractivity contribution is 5.55. The van der Waals surface area contributed by atoms with Gasteiger partial charge >= 0.3 is 0 Å². The summed E-state index contributed by atoms with van der Waals surface area (Å²) in [5.74, 6) is 0.951. The molecule has 0 aliphatic heterocycles. The van der Waals surface area contributed by atoms with Crippen molar-refractivity contribution in [3.63, 3.8) is 0 Å². The Labute approximate surface area is 125 Å². The second-order valence-corrected chi connectivity index (χ2v) is 5.19. The van der Waals surface area contributed by atoms with Gasteiger partial charge in [-0.25, -0.2) is 4.98 Å². The topological polar surface area (TPSA) is 43.8 Å². The fourth-order valence-electron chi connectivity index (χ4n) is 2.57. The summed E-state index contributed by atoms with van der Waals surface area (Å²) in [6, 6.07) is 18.8. The van der Waals surface area contributed by atoms with Gasteiger partial charge in [0.2, 0.25) is 0 Å². The van der Waals surface area contributed by atoms with Gasteiger partial charge in [0.05, 0.1) is 6.04 Å². The summed E-state index contributed by atoms with van der Waals surface area (Å²) in [7, 11) is 0. The van der Waals surface area contributed by atoms with E-state index in [2.05, 4.69) is 52.9 Å². The zero-order valence-corrected chi connectivity index (χ0v) is 12.1. The number of aryl methyl sites for hydroxylation is 1. The Morgan fingerprint density at radius 3 is 2.43 bits per heavy atom. The van der Waals surface area contributed by atoms with Crippen LogP contribution < -0.4 is 5.73 Å². The molecule has 1 heterocycles. The lowest BCUT2D eigenvalue weighted by molar-refractivity contribution is 0.600. The lowest BCUT2D eigenvalue weighted by Crippen LogP contribution is -2.20. The van der Waals surface area contributed by atoms with Crippen LogP contribution in [-0.4, -0.2) is 16.1 Å². The molecule has 3 heteroatoms. The second kappa shape index (κ2) is 5.94. The largest absolute Gasteiger partial charge is 0.328 e. The highest BCUT2D eigenvalue weighted by atomic mass is 15.1. The first-order valence-electron chi connectivity index (χ1n) is 7.14.